The van der Waals surface area contributed by atoms with Gasteiger partial charge in [0.05, 0.1) is 6.61 Å². The highest BCUT2D eigenvalue weighted by molar-refractivity contribution is 5.81. The molecule has 1 rings (SSSR count). The first-order valence-electron chi connectivity index (χ1n) is 9.38. The maximum absolute atomic E-state index is 12.5. The van der Waals surface area contributed by atoms with Gasteiger partial charge in [0.1, 0.15) is 36.7 Å². The summed E-state index contributed by atoms with van der Waals surface area (Å²) in [5.41, 5.74) is 1.04. The van der Waals surface area contributed by atoms with E-state index < -0.39 is 48.9 Å². The molecule has 162 valence electrons. The Morgan fingerprint density at radius 1 is 1.14 bits per heavy atom. The quantitative estimate of drug-likeness (QED) is 0.276. The summed E-state index contributed by atoms with van der Waals surface area (Å²) in [7, 11) is 0. The highest BCUT2D eigenvalue weighted by atomic mass is 16.5. The summed E-state index contributed by atoms with van der Waals surface area (Å²) >= 11 is 0. The largest absolute Gasteiger partial charge is 0.394 e. The molecule has 5 N–H and O–H groups in total. The van der Waals surface area contributed by atoms with Gasteiger partial charge in [-0.1, -0.05) is 30.3 Å². The second-order valence-electron chi connectivity index (χ2n) is 6.95. The third-order valence-electron chi connectivity index (χ3n) is 4.29. The van der Waals surface area contributed by atoms with E-state index in [9.17, 15) is 24.6 Å². The van der Waals surface area contributed by atoms with Gasteiger partial charge in [0.15, 0.2) is 0 Å². The lowest BCUT2D eigenvalue weighted by Crippen LogP contribution is -2.56. The predicted molar refractivity (Wildman–Crippen MR) is 105 cm³/mol. The number of rotatable bonds is 12. The molecule has 2 amide bonds. The molecule has 0 fully saturated rings. The van der Waals surface area contributed by atoms with Crippen molar-refractivity contribution >= 4 is 18.1 Å². The molecule has 0 aliphatic carbocycles. The van der Waals surface area contributed by atoms with Gasteiger partial charge in [-0.2, -0.15) is 0 Å². The number of hydrogen-bond acceptors (Lipinski definition) is 7. The summed E-state index contributed by atoms with van der Waals surface area (Å²) in [6, 6.07) is 8.04. The first kappa shape index (κ1) is 24.7. The van der Waals surface area contributed by atoms with Crippen LogP contribution in [0.5, 0.6) is 0 Å². The normalized spacial score (nSPS) is 17.3. The van der Waals surface area contributed by atoms with Gasteiger partial charge in [0.25, 0.3) is 0 Å². The number of hydrogen-bond donors (Lipinski definition) is 5. The van der Waals surface area contributed by atoms with Gasteiger partial charge in [-0.25, -0.2) is 0 Å². The first-order chi connectivity index (χ1) is 13.7. The van der Waals surface area contributed by atoms with Crippen LogP contribution in [-0.4, -0.2) is 76.5 Å². The molecule has 1 aromatic rings. The first-order valence-corrected chi connectivity index (χ1v) is 9.38. The van der Waals surface area contributed by atoms with Crippen LogP contribution >= 0.6 is 0 Å². The number of aldehydes is 1. The Bertz CT molecular complexity index is 655. The zero-order chi connectivity index (χ0) is 22.0. The van der Waals surface area contributed by atoms with Crippen LogP contribution in [0.3, 0.4) is 0 Å². The molecule has 0 radical (unpaired) electrons. The molecule has 0 saturated carbocycles. The van der Waals surface area contributed by atoms with E-state index in [0.29, 0.717) is 12.7 Å². The standard InChI is InChI=1S/C20H30N2O7/c1-12(9-15-7-5-4-6-8-15)21-20(28)13(2)29-19(18(27)17(26)11-24)16(10-23)22-14(3)25/h4-8,10,12-13,16-19,24,26-27H,9,11H2,1-3H3,(H,21,28)(H,22,25)/t12-,13-,16+,17-,18-,19?/m1/s1. The SMILES string of the molecule is CC(=O)N[C@@H](C=O)C(O[C@H](C)C(=O)N[C@H](C)Cc1ccccc1)[C@H](O)[C@H](O)CO. The van der Waals surface area contributed by atoms with E-state index in [1.54, 1.807) is 0 Å². The van der Waals surface area contributed by atoms with E-state index >= 15 is 0 Å². The van der Waals surface area contributed by atoms with Crippen molar-refractivity contribution in [2.24, 2.45) is 0 Å². The van der Waals surface area contributed by atoms with E-state index in [2.05, 4.69) is 10.6 Å². The molecule has 29 heavy (non-hydrogen) atoms. The fourth-order valence-electron chi connectivity index (χ4n) is 2.81. The molecule has 0 aliphatic heterocycles. The number of nitrogens with one attached hydrogen (secondary N) is 2. The van der Waals surface area contributed by atoms with E-state index in [0.717, 1.165) is 5.56 Å². The fourth-order valence-corrected chi connectivity index (χ4v) is 2.81. The van der Waals surface area contributed by atoms with Crippen molar-refractivity contribution in [3.05, 3.63) is 35.9 Å². The number of ether oxygens (including phenoxy) is 1. The van der Waals surface area contributed by atoms with Crippen molar-refractivity contribution in [1.82, 2.24) is 10.6 Å². The van der Waals surface area contributed by atoms with Gasteiger partial charge >= 0.3 is 0 Å². The lowest BCUT2D eigenvalue weighted by molar-refractivity contribution is -0.157. The Morgan fingerprint density at radius 3 is 2.28 bits per heavy atom. The second kappa shape index (κ2) is 12.3. The van der Waals surface area contributed by atoms with Gasteiger partial charge in [0, 0.05) is 13.0 Å². The van der Waals surface area contributed by atoms with E-state index in [-0.39, 0.29) is 6.04 Å². The maximum Gasteiger partial charge on any atom is 0.249 e. The van der Waals surface area contributed by atoms with Crippen LogP contribution in [-0.2, 0) is 25.5 Å². The van der Waals surface area contributed by atoms with Crippen molar-refractivity contribution in [2.45, 2.75) is 63.7 Å². The molecule has 1 unspecified atom stereocenters. The third kappa shape index (κ3) is 8.28. The van der Waals surface area contributed by atoms with Crippen LogP contribution in [0.1, 0.15) is 26.3 Å². The van der Waals surface area contributed by atoms with Crippen molar-refractivity contribution < 1.29 is 34.4 Å². The summed E-state index contributed by atoms with van der Waals surface area (Å²) in [5, 5.41) is 34.1. The zero-order valence-corrected chi connectivity index (χ0v) is 16.8. The molecule has 0 spiro atoms. The van der Waals surface area contributed by atoms with Crippen LogP contribution in [0.4, 0.5) is 0 Å². The van der Waals surface area contributed by atoms with Gasteiger partial charge in [-0.05, 0) is 25.8 Å². The van der Waals surface area contributed by atoms with Crippen LogP contribution < -0.4 is 10.6 Å². The number of amides is 2. The van der Waals surface area contributed by atoms with Crippen molar-refractivity contribution in [3.63, 3.8) is 0 Å². The lowest BCUT2D eigenvalue weighted by atomic mass is 10.0. The van der Waals surface area contributed by atoms with Crippen LogP contribution in [0.25, 0.3) is 0 Å². The van der Waals surface area contributed by atoms with Gasteiger partial charge in [-0.3, -0.25) is 9.59 Å². The number of carbonyl (C=O) groups is 3. The molecule has 6 atom stereocenters. The minimum absolute atomic E-state index is 0.209. The maximum atomic E-state index is 12.5. The van der Waals surface area contributed by atoms with Crippen molar-refractivity contribution in [2.75, 3.05) is 6.61 Å². The van der Waals surface area contributed by atoms with Gasteiger partial charge in [0.2, 0.25) is 11.8 Å². The molecule has 0 saturated heterocycles. The molecule has 0 bridgehead atoms. The predicted octanol–water partition coefficient (Wildman–Crippen LogP) is -1.07. The van der Waals surface area contributed by atoms with Crippen LogP contribution in [0.15, 0.2) is 30.3 Å². The number of carbonyl (C=O) groups excluding carboxylic acids is 3. The van der Waals surface area contributed by atoms with E-state index in [1.807, 2.05) is 37.3 Å². The van der Waals surface area contributed by atoms with E-state index in [4.69, 9.17) is 9.84 Å². The van der Waals surface area contributed by atoms with Crippen molar-refractivity contribution in [3.8, 4) is 0 Å². The summed E-state index contributed by atoms with van der Waals surface area (Å²) in [6.45, 7) is 3.63. The monoisotopic (exact) mass is 410 g/mol. The zero-order valence-electron chi connectivity index (χ0n) is 16.8. The van der Waals surface area contributed by atoms with Crippen LogP contribution in [0.2, 0.25) is 0 Å². The average molecular weight is 410 g/mol. The Kier molecular flexibility index (Phi) is 10.5. The molecule has 9 nitrogen and oxygen atoms in total. The average Bonchev–Trinajstić information content (AvgIpc) is 2.69. The number of aliphatic hydroxyl groups is 3. The number of aliphatic hydroxyl groups excluding tert-OH is 3. The van der Waals surface area contributed by atoms with Gasteiger partial charge < -0.3 is 35.5 Å². The minimum Gasteiger partial charge on any atom is -0.394 e. The topological polar surface area (TPSA) is 145 Å². The molecule has 1 aromatic carbocycles. The number of benzene rings is 1. The molecule has 0 aromatic heterocycles. The minimum atomic E-state index is -1.71. The second-order valence-corrected chi connectivity index (χ2v) is 6.95. The lowest BCUT2D eigenvalue weighted by Gasteiger charge is -2.32. The molecular weight excluding hydrogens is 380 g/mol. The third-order valence-corrected chi connectivity index (χ3v) is 4.29. The highest BCUT2D eigenvalue weighted by Gasteiger charge is 2.36. The Balaban J connectivity index is 2.80. The fraction of sp³-hybridized carbons (Fsp3) is 0.550. The summed E-state index contributed by atoms with van der Waals surface area (Å²) < 4.78 is 5.52. The molecule has 9 heteroatoms. The van der Waals surface area contributed by atoms with Crippen molar-refractivity contribution in [1.29, 1.82) is 0 Å². The Hall–Kier alpha value is -2.33. The Labute approximate surface area is 170 Å². The molecular formula is C20H30N2O7. The highest BCUT2D eigenvalue weighted by Crippen LogP contribution is 2.13. The molecule has 0 aliphatic rings. The summed E-state index contributed by atoms with van der Waals surface area (Å²) in [5.74, 6) is -1.05. The summed E-state index contributed by atoms with van der Waals surface area (Å²) in [6.07, 6.45) is -4.94. The van der Waals surface area contributed by atoms with E-state index in [1.165, 1.54) is 13.8 Å². The Morgan fingerprint density at radius 2 is 1.76 bits per heavy atom. The summed E-state index contributed by atoms with van der Waals surface area (Å²) in [4.78, 5) is 35.2. The molecule has 0 heterocycles. The smallest absolute Gasteiger partial charge is 0.249 e. The van der Waals surface area contributed by atoms with Crippen LogP contribution in [0, 0.1) is 0 Å². The van der Waals surface area contributed by atoms with Gasteiger partial charge in [-0.15, -0.1) is 0 Å².